The SMILES string of the molecule is COCOc1c(C)cc(C)cc1-c1c(C)ccc2ccccc12. The smallest absolute Gasteiger partial charge is 0.188 e. The quantitative estimate of drug-likeness (QED) is 0.600. The lowest BCUT2D eigenvalue weighted by Gasteiger charge is -2.18. The third-order valence-corrected chi connectivity index (χ3v) is 4.15. The molecule has 0 fully saturated rings. The lowest BCUT2D eigenvalue weighted by atomic mass is 9.91. The first-order chi connectivity index (χ1) is 11.1. The Kier molecular flexibility index (Phi) is 4.35. The second-order valence-corrected chi connectivity index (χ2v) is 5.99. The minimum atomic E-state index is 0.251. The second kappa shape index (κ2) is 6.43. The van der Waals surface area contributed by atoms with E-state index in [-0.39, 0.29) is 6.79 Å². The standard InChI is InChI=1S/C21H22O2/c1-14-11-16(3)21(23-13-22-4)19(12-14)20-15(2)9-10-17-7-5-6-8-18(17)20/h5-12H,13H2,1-4H3. The first kappa shape index (κ1) is 15.6. The first-order valence-corrected chi connectivity index (χ1v) is 7.83. The van der Waals surface area contributed by atoms with E-state index in [0.29, 0.717) is 0 Å². The van der Waals surface area contributed by atoms with Crippen LogP contribution in [0, 0.1) is 20.8 Å². The van der Waals surface area contributed by atoms with Crippen molar-refractivity contribution in [3.8, 4) is 16.9 Å². The summed E-state index contributed by atoms with van der Waals surface area (Å²) in [6.07, 6.45) is 0. The Labute approximate surface area is 137 Å². The lowest BCUT2D eigenvalue weighted by Crippen LogP contribution is -2.03. The molecule has 2 nitrogen and oxygen atoms in total. The molecule has 0 heterocycles. The molecule has 0 aromatic heterocycles. The molecule has 0 radical (unpaired) electrons. The van der Waals surface area contributed by atoms with Crippen LogP contribution in [0.3, 0.4) is 0 Å². The van der Waals surface area contributed by atoms with Gasteiger partial charge in [0.15, 0.2) is 6.79 Å². The zero-order valence-electron chi connectivity index (χ0n) is 14.1. The Morgan fingerprint density at radius 3 is 2.43 bits per heavy atom. The summed E-state index contributed by atoms with van der Waals surface area (Å²) in [7, 11) is 1.65. The van der Waals surface area contributed by atoms with Crippen LogP contribution in [0.2, 0.25) is 0 Å². The van der Waals surface area contributed by atoms with Crippen LogP contribution in [0.1, 0.15) is 16.7 Å². The molecule has 0 bridgehead atoms. The van der Waals surface area contributed by atoms with E-state index in [9.17, 15) is 0 Å². The van der Waals surface area contributed by atoms with Gasteiger partial charge in [-0.1, -0.05) is 42.5 Å². The molecule has 118 valence electrons. The van der Waals surface area contributed by atoms with Crippen molar-refractivity contribution >= 4 is 10.8 Å². The third-order valence-electron chi connectivity index (χ3n) is 4.15. The van der Waals surface area contributed by atoms with Crippen molar-refractivity contribution in [3.63, 3.8) is 0 Å². The van der Waals surface area contributed by atoms with Crippen molar-refractivity contribution in [2.24, 2.45) is 0 Å². The zero-order chi connectivity index (χ0) is 16.4. The average molecular weight is 306 g/mol. The number of hydrogen-bond donors (Lipinski definition) is 0. The van der Waals surface area contributed by atoms with Crippen LogP contribution in [-0.4, -0.2) is 13.9 Å². The molecule has 3 aromatic carbocycles. The van der Waals surface area contributed by atoms with Crippen LogP contribution < -0.4 is 4.74 Å². The van der Waals surface area contributed by atoms with Gasteiger partial charge in [-0.15, -0.1) is 0 Å². The Morgan fingerprint density at radius 1 is 0.870 bits per heavy atom. The van der Waals surface area contributed by atoms with Crippen LogP contribution in [0.5, 0.6) is 5.75 Å². The number of rotatable bonds is 4. The highest BCUT2D eigenvalue weighted by molar-refractivity contribution is 5.99. The Balaban J connectivity index is 2.32. The molecular weight excluding hydrogens is 284 g/mol. The van der Waals surface area contributed by atoms with Crippen molar-refractivity contribution in [1.82, 2.24) is 0 Å². The van der Waals surface area contributed by atoms with Gasteiger partial charge in [-0.25, -0.2) is 0 Å². The van der Waals surface area contributed by atoms with Crippen molar-refractivity contribution in [1.29, 1.82) is 0 Å². The number of fused-ring (bicyclic) bond motifs is 1. The van der Waals surface area contributed by atoms with Crippen LogP contribution in [0.15, 0.2) is 48.5 Å². The van der Waals surface area contributed by atoms with Crippen LogP contribution in [0.4, 0.5) is 0 Å². The fourth-order valence-electron chi connectivity index (χ4n) is 3.19. The van der Waals surface area contributed by atoms with Gasteiger partial charge >= 0.3 is 0 Å². The fraction of sp³-hybridized carbons (Fsp3) is 0.238. The summed E-state index contributed by atoms with van der Waals surface area (Å²) < 4.78 is 11.0. The molecule has 0 spiro atoms. The van der Waals surface area contributed by atoms with Gasteiger partial charge < -0.3 is 9.47 Å². The maximum Gasteiger partial charge on any atom is 0.188 e. The van der Waals surface area contributed by atoms with Gasteiger partial charge in [-0.05, 0) is 59.9 Å². The van der Waals surface area contributed by atoms with Gasteiger partial charge in [0.2, 0.25) is 0 Å². The second-order valence-electron chi connectivity index (χ2n) is 5.99. The summed E-state index contributed by atoms with van der Waals surface area (Å²) in [5.74, 6) is 0.900. The molecule has 0 saturated carbocycles. The van der Waals surface area contributed by atoms with Gasteiger partial charge in [0, 0.05) is 12.7 Å². The summed E-state index contributed by atoms with van der Waals surface area (Å²) in [6, 6.07) is 17.2. The first-order valence-electron chi connectivity index (χ1n) is 7.83. The molecule has 0 unspecified atom stereocenters. The van der Waals surface area contributed by atoms with Crippen molar-refractivity contribution < 1.29 is 9.47 Å². The number of methoxy groups -OCH3 is 1. The number of aryl methyl sites for hydroxylation is 3. The summed E-state index contributed by atoms with van der Waals surface area (Å²) in [5.41, 5.74) is 5.98. The highest BCUT2D eigenvalue weighted by atomic mass is 16.7. The van der Waals surface area contributed by atoms with Gasteiger partial charge in [-0.2, -0.15) is 0 Å². The van der Waals surface area contributed by atoms with E-state index in [1.807, 2.05) is 0 Å². The lowest BCUT2D eigenvalue weighted by molar-refractivity contribution is 0.0510. The summed E-state index contributed by atoms with van der Waals surface area (Å²) in [5, 5.41) is 2.49. The van der Waals surface area contributed by atoms with E-state index in [4.69, 9.17) is 9.47 Å². The monoisotopic (exact) mass is 306 g/mol. The van der Waals surface area contributed by atoms with E-state index < -0.39 is 0 Å². The van der Waals surface area contributed by atoms with E-state index in [1.165, 1.54) is 27.5 Å². The predicted octanol–water partition coefficient (Wildman–Crippen LogP) is 5.41. The Hall–Kier alpha value is -2.32. The van der Waals surface area contributed by atoms with E-state index >= 15 is 0 Å². The topological polar surface area (TPSA) is 18.5 Å². The molecule has 0 N–H and O–H groups in total. The van der Waals surface area contributed by atoms with Crippen molar-refractivity contribution in [2.45, 2.75) is 20.8 Å². The minimum absolute atomic E-state index is 0.251. The molecule has 0 aliphatic carbocycles. The van der Waals surface area contributed by atoms with E-state index in [0.717, 1.165) is 16.9 Å². The van der Waals surface area contributed by atoms with Crippen LogP contribution in [-0.2, 0) is 4.74 Å². The van der Waals surface area contributed by atoms with Crippen LogP contribution in [0.25, 0.3) is 21.9 Å². The molecule has 3 rings (SSSR count). The maximum atomic E-state index is 5.91. The summed E-state index contributed by atoms with van der Waals surface area (Å²) in [6.45, 7) is 6.61. The van der Waals surface area contributed by atoms with Gasteiger partial charge in [0.1, 0.15) is 5.75 Å². The fourth-order valence-corrected chi connectivity index (χ4v) is 3.19. The predicted molar refractivity (Wildman–Crippen MR) is 96.1 cm³/mol. The van der Waals surface area contributed by atoms with Gasteiger partial charge in [-0.3, -0.25) is 0 Å². The molecule has 23 heavy (non-hydrogen) atoms. The Bertz CT molecular complexity index is 850. The molecular formula is C21H22O2. The highest BCUT2D eigenvalue weighted by Crippen LogP contribution is 2.40. The van der Waals surface area contributed by atoms with Crippen LogP contribution >= 0.6 is 0 Å². The van der Waals surface area contributed by atoms with Gasteiger partial charge in [0.05, 0.1) is 0 Å². The molecule has 0 aliphatic heterocycles. The van der Waals surface area contributed by atoms with Gasteiger partial charge in [0.25, 0.3) is 0 Å². The molecule has 2 heteroatoms. The largest absolute Gasteiger partial charge is 0.467 e. The summed E-state index contributed by atoms with van der Waals surface area (Å²) in [4.78, 5) is 0. The molecule has 0 atom stereocenters. The molecule has 0 aliphatic rings. The number of benzene rings is 3. The minimum Gasteiger partial charge on any atom is -0.467 e. The molecule has 3 aromatic rings. The highest BCUT2D eigenvalue weighted by Gasteiger charge is 2.15. The summed E-state index contributed by atoms with van der Waals surface area (Å²) >= 11 is 0. The van der Waals surface area contributed by atoms with Crippen molar-refractivity contribution in [2.75, 3.05) is 13.9 Å². The zero-order valence-corrected chi connectivity index (χ0v) is 14.1. The number of ether oxygens (including phenoxy) is 2. The third kappa shape index (κ3) is 2.95. The number of hydrogen-bond acceptors (Lipinski definition) is 2. The molecule has 0 amide bonds. The average Bonchev–Trinajstić information content (AvgIpc) is 2.53. The maximum absolute atomic E-state index is 5.91. The molecule has 0 saturated heterocycles. The normalized spacial score (nSPS) is 11.0. The van der Waals surface area contributed by atoms with Crippen molar-refractivity contribution in [3.05, 3.63) is 65.2 Å². The Morgan fingerprint density at radius 2 is 1.65 bits per heavy atom. The van der Waals surface area contributed by atoms with E-state index in [1.54, 1.807) is 7.11 Å². The van der Waals surface area contributed by atoms with E-state index in [2.05, 4.69) is 69.3 Å².